The molecule has 0 bridgehead atoms. The van der Waals surface area contributed by atoms with E-state index in [0.29, 0.717) is 5.92 Å². The molecule has 0 spiro atoms. The molecule has 1 heterocycles. The summed E-state index contributed by atoms with van der Waals surface area (Å²) in [7, 11) is 4.01. The van der Waals surface area contributed by atoms with Gasteiger partial charge < -0.3 is 10.0 Å². The molecule has 0 aliphatic carbocycles. The van der Waals surface area contributed by atoms with Gasteiger partial charge in [-0.05, 0) is 39.4 Å². The summed E-state index contributed by atoms with van der Waals surface area (Å²) in [6.45, 7) is 3.33. The van der Waals surface area contributed by atoms with Crippen molar-refractivity contribution in [3.8, 4) is 0 Å². The van der Waals surface area contributed by atoms with Gasteiger partial charge in [0.2, 0.25) is 0 Å². The van der Waals surface area contributed by atoms with E-state index in [1.54, 1.807) is 0 Å². The Labute approximate surface area is 85.5 Å². The summed E-state index contributed by atoms with van der Waals surface area (Å²) in [5, 5.41) is 8.61. The maximum Gasteiger partial charge on any atom is 0.317 e. The van der Waals surface area contributed by atoms with E-state index in [4.69, 9.17) is 5.11 Å². The summed E-state index contributed by atoms with van der Waals surface area (Å²) in [5.41, 5.74) is 0. The van der Waals surface area contributed by atoms with E-state index in [2.05, 4.69) is 11.9 Å². The van der Waals surface area contributed by atoms with Crippen LogP contribution in [0.25, 0.3) is 0 Å². The van der Waals surface area contributed by atoms with Crippen LogP contribution >= 0.6 is 0 Å². The summed E-state index contributed by atoms with van der Waals surface area (Å²) in [5.74, 6) is -0.102. The fraction of sp³-hybridized carbons (Fsp3) is 0.900. The number of carboxylic acids is 1. The van der Waals surface area contributed by atoms with Crippen molar-refractivity contribution in [1.82, 2.24) is 9.80 Å². The van der Waals surface area contributed by atoms with Crippen molar-refractivity contribution in [2.75, 3.05) is 40.3 Å². The van der Waals surface area contributed by atoms with Gasteiger partial charge in [-0.3, -0.25) is 9.69 Å². The average Bonchev–Trinajstić information content (AvgIpc) is 2.01. The fourth-order valence-corrected chi connectivity index (χ4v) is 2.16. The maximum atomic E-state index is 10.5. The molecule has 14 heavy (non-hydrogen) atoms. The van der Waals surface area contributed by atoms with Gasteiger partial charge >= 0.3 is 5.97 Å². The smallest absolute Gasteiger partial charge is 0.317 e. The Balaban J connectivity index is 2.25. The SMILES string of the molecule is CN1CCC[C@@H](CN(C)CC(=O)O)C1. The number of rotatable bonds is 4. The highest BCUT2D eigenvalue weighted by atomic mass is 16.4. The van der Waals surface area contributed by atoms with Crippen LogP contribution in [0.1, 0.15) is 12.8 Å². The molecule has 82 valence electrons. The maximum absolute atomic E-state index is 10.5. The number of likely N-dealkylation sites (tertiary alicyclic amines) is 1. The zero-order valence-corrected chi connectivity index (χ0v) is 9.07. The summed E-state index contributed by atoms with van der Waals surface area (Å²) in [4.78, 5) is 14.7. The monoisotopic (exact) mass is 200 g/mol. The molecule has 4 nitrogen and oxygen atoms in total. The lowest BCUT2D eigenvalue weighted by molar-refractivity contribution is -0.138. The van der Waals surface area contributed by atoms with Crippen molar-refractivity contribution in [1.29, 1.82) is 0 Å². The van der Waals surface area contributed by atoms with Gasteiger partial charge in [0, 0.05) is 13.1 Å². The third-order valence-electron chi connectivity index (χ3n) is 2.70. The summed E-state index contributed by atoms with van der Waals surface area (Å²) >= 11 is 0. The Kier molecular flexibility index (Phi) is 4.35. The molecule has 4 heteroatoms. The average molecular weight is 200 g/mol. The Bertz CT molecular complexity index is 197. The van der Waals surface area contributed by atoms with Gasteiger partial charge in [0.05, 0.1) is 6.54 Å². The lowest BCUT2D eigenvalue weighted by Crippen LogP contribution is -2.39. The standard InChI is InChI=1S/C10H20N2O2/c1-11-5-3-4-9(6-11)7-12(2)8-10(13)14/h9H,3-8H2,1-2H3,(H,13,14)/t9-/m1/s1. The van der Waals surface area contributed by atoms with Crippen LogP contribution in [-0.4, -0.2) is 61.2 Å². The Morgan fingerprint density at radius 1 is 1.64 bits per heavy atom. The van der Waals surface area contributed by atoms with Crippen molar-refractivity contribution in [2.45, 2.75) is 12.8 Å². The first-order valence-corrected chi connectivity index (χ1v) is 5.17. The minimum atomic E-state index is -0.739. The third kappa shape index (κ3) is 4.07. The summed E-state index contributed by atoms with van der Waals surface area (Å²) in [6, 6.07) is 0. The molecule has 1 atom stereocenters. The first kappa shape index (κ1) is 11.5. The molecule has 0 amide bonds. The second kappa shape index (κ2) is 5.32. The number of piperidine rings is 1. The molecule has 1 saturated heterocycles. The fourth-order valence-electron chi connectivity index (χ4n) is 2.16. The van der Waals surface area contributed by atoms with Crippen LogP contribution < -0.4 is 0 Å². The molecular formula is C10H20N2O2. The van der Waals surface area contributed by atoms with E-state index < -0.39 is 5.97 Å². The minimum absolute atomic E-state index is 0.153. The van der Waals surface area contributed by atoms with Gasteiger partial charge in [-0.25, -0.2) is 0 Å². The molecule has 0 aromatic heterocycles. The molecule has 0 aromatic carbocycles. The van der Waals surface area contributed by atoms with E-state index in [1.165, 1.54) is 19.4 Å². The van der Waals surface area contributed by atoms with E-state index in [0.717, 1.165) is 13.1 Å². The largest absolute Gasteiger partial charge is 0.480 e. The van der Waals surface area contributed by atoms with E-state index in [-0.39, 0.29) is 6.54 Å². The van der Waals surface area contributed by atoms with Crippen LogP contribution in [-0.2, 0) is 4.79 Å². The number of likely N-dealkylation sites (N-methyl/N-ethyl adjacent to an activating group) is 1. The van der Waals surface area contributed by atoms with Gasteiger partial charge in [-0.15, -0.1) is 0 Å². The number of nitrogens with zero attached hydrogens (tertiary/aromatic N) is 2. The first-order chi connectivity index (χ1) is 6.58. The van der Waals surface area contributed by atoms with Crippen LogP contribution in [0, 0.1) is 5.92 Å². The second-order valence-electron chi connectivity index (χ2n) is 4.36. The molecule has 0 radical (unpaired) electrons. The normalized spacial score (nSPS) is 24.1. The van der Waals surface area contributed by atoms with Crippen LogP contribution in [0.15, 0.2) is 0 Å². The highest BCUT2D eigenvalue weighted by Gasteiger charge is 2.19. The number of carbonyl (C=O) groups is 1. The lowest BCUT2D eigenvalue weighted by Gasteiger charge is -2.31. The quantitative estimate of drug-likeness (QED) is 0.711. The highest BCUT2D eigenvalue weighted by Crippen LogP contribution is 2.15. The Morgan fingerprint density at radius 3 is 2.93 bits per heavy atom. The Hall–Kier alpha value is -0.610. The predicted octanol–water partition coefficient (Wildman–Crippen LogP) is 0.345. The van der Waals surface area contributed by atoms with Crippen molar-refractivity contribution >= 4 is 5.97 Å². The zero-order valence-electron chi connectivity index (χ0n) is 9.07. The van der Waals surface area contributed by atoms with Gasteiger partial charge in [-0.2, -0.15) is 0 Å². The topological polar surface area (TPSA) is 43.8 Å². The molecule has 1 fully saturated rings. The van der Waals surface area contributed by atoms with Crippen LogP contribution in [0.2, 0.25) is 0 Å². The minimum Gasteiger partial charge on any atom is -0.480 e. The molecule has 0 unspecified atom stereocenters. The summed E-state index contributed by atoms with van der Waals surface area (Å²) < 4.78 is 0. The van der Waals surface area contributed by atoms with E-state index >= 15 is 0 Å². The van der Waals surface area contributed by atoms with Gasteiger partial charge in [-0.1, -0.05) is 0 Å². The van der Waals surface area contributed by atoms with E-state index in [1.807, 2.05) is 11.9 Å². The second-order valence-corrected chi connectivity index (χ2v) is 4.36. The lowest BCUT2D eigenvalue weighted by atomic mass is 9.98. The van der Waals surface area contributed by atoms with Crippen LogP contribution in [0.4, 0.5) is 0 Å². The van der Waals surface area contributed by atoms with Gasteiger partial charge in [0.15, 0.2) is 0 Å². The highest BCUT2D eigenvalue weighted by molar-refractivity contribution is 5.68. The molecule has 1 aliphatic heterocycles. The van der Waals surface area contributed by atoms with Crippen molar-refractivity contribution in [3.05, 3.63) is 0 Å². The van der Waals surface area contributed by atoms with Crippen molar-refractivity contribution < 1.29 is 9.90 Å². The van der Waals surface area contributed by atoms with Crippen molar-refractivity contribution in [2.24, 2.45) is 5.92 Å². The number of aliphatic carboxylic acids is 1. The number of carboxylic acid groups (broad SMARTS) is 1. The van der Waals surface area contributed by atoms with Crippen molar-refractivity contribution in [3.63, 3.8) is 0 Å². The number of hydrogen-bond acceptors (Lipinski definition) is 3. The first-order valence-electron chi connectivity index (χ1n) is 5.17. The molecule has 0 aromatic rings. The summed E-state index contributed by atoms with van der Waals surface area (Å²) in [6.07, 6.45) is 2.47. The molecule has 1 rings (SSSR count). The van der Waals surface area contributed by atoms with Gasteiger partial charge in [0.1, 0.15) is 0 Å². The molecule has 1 aliphatic rings. The number of hydrogen-bond donors (Lipinski definition) is 1. The molecular weight excluding hydrogens is 180 g/mol. The third-order valence-corrected chi connectivity index (χ3v) is 2.70. The predicted molar refractivity (Wildman–Crippen MR) is 55.4 cm³/mol. The molecule has 0 saturated carbocycles. The Morgan fingerprint density at radius 2 is 2.36 bits per heavy atom. The van der Waals surface area contributed by atoms with Gasteiger partial charge in [0.25, 0.3) is 0 Å². The zero-order chi connectivity index (χ0) is 10.6. The van der Waals surface area contributed by atoms with E-state index in [9.17, 15) is 4.79 Å². The van der Waals surface area contributed by atoms with Crippen LogP contribution in [0.3, 0.4) is 0 Å². The van der Waals surface area contributed by atoms with Crippen LogP contribution in [0.5, 0.6) is 0 Å². The molecule has 1 N–H and O–H groups in total.